The number of aliphatic carboxylic acids is 1. The van der Waals surface area contributed by atoms with E-state index in [9.17, 15) is 24.3 Å². The van der Waals surface area contributed by atoms with Gasteiger partial charge in [-0.1, -0.05) is 12.1 Å². The Hall–Kier alpha value is -2.90. The maximum Gasteiger partial charge on any atom is 0.328 e. The normalized spacial score (nSPS) is 17.1. The second kappa shape index (κ2) is 6.92. The van der Waals surface area contributed by atoms with Crippen molar-refractivity contribution >= 4 is 22.8 Å². The molecule has 0 spiro atoms. The molecule has 0 saturated carbocycles. The molecular formula is C17H18N3O5-. The van der Waals surface area contributed by atoms with E-state index >= 15 is 0 Å². The quantitative estimate of drug-likeness (QED) is 0.763. The van der Waals surface area contributed by atoms with Gasteiger partial charge in [-0.3, -0.25) is 14.2 Å². The number of hydrogen-bond acceptors (Lipinski definition) is 5. The Morgan fingerprint density at radius 1 is 1.24 bits per heavy atom. The molecule has 3 rings (SSSR count). The van der Waals surface area contributed by atoms with E-state index in [4.69, 9.17) is 0 Å². The van der Waals surface area contributed by atoms with Crippen LogP contribution in [0.25, 0.3) is 10.9 Å². The molecule has 1 amide bonds. The van der Waals surface area contributed by atoms with Crippen LogP contribution in [0.3, 0.4) is 0 Å². The van der Waals surface area contributed by atoms with Gasteiger partial charge in [-0.2, -0.15) is 0 Å². The molecular weight excluding hydrogens is 326 g/mol. The van der Waals surface area contributed by atoms with Crippen LogP contribution in [0.1, 0.15) is 25.7 Å². The predicted octanol–water partition coefficient (Wildman–Crippen LogP) is -0.789. The molecule has 132 valence electrons. The Balaban J connectivity index is 1.69. The van der Waals surface area contributed by atoms with E-state index in [1.165, 1.54) is 4.90 Å². The number of para-hydroxylation sites is 1. The summed E-state index contributed by atoms with van der Waals surface area (Å²) in [6.45, 7) is 0.489. The Labute approximate surface area is 142 Å². The zero-order chi connectivity index (χ0) is 18.0. The van der Waals surface area contributed by atoms with Gasteiger partial charge < -0.3 is 19.8 Å². The summed E-state index contributed by atoms with van der Waals surface area (Å²) in [6, 6.07) is 5.84. The number of aromatic amines is 1. The van der Waals surface area contributed by atoms with Crippen LogP contribution >= 0.6 is 0 Å². The predicted molar refractivity (Wildman–Crippen MR) is 87.8 cm³/mol. The first kappa shape index (κ1) is 16.9. The number of H-pyrrole nitrogens is 1. The lowest BCUT2D eigenvalue weighted by molar-refractivity contribution is -0.310. The van der Waals surface area contributed by atoms with Crippen LogP contribution in [0.5, 0.6) is 0 Å². The third kappa shape index (κ3) is 3.33. The Morgan fingerprint density at radius 3 is 2.76 bits per heavy atom. The first-order chi connectivity index (χ1) is 12.0. The molecule has 2 heterocycles. The molecule has 2 aromatic rings. The largest absolute Gasteiger partial charge is 0.548 e. The Morgan fingerprint density at radius 2 is 2.00 bits per heavy atom. The van der Waals surface area contributed by atoms with Crippen molar-refractivity contribution in [3.8, 4) is 0 Å². The van der Waals surface area contributed by atoms with Gasteiger partial charge in [-0.05, 0) is 31.4 Å². The number of benzene rings is 1. The summed E-state index contributed by atoms with van der Waals surface area (Å²) in [4.78, 5) is 51.6. The number of carbonyl (C=O) groups is 2. The summed E-state index contributed by atoms with van der Waals surface area (Å²) in [7, 11) is 0. The molecule has 0 bridgehead atoms. The average molecular weight is 344 g/mol. The number of fused-ring (bicyclic) bond motifs is 1. The number of amides is 1. The van der Waals surface area contributed by atoms with Crippen molar-refractivity contribution in [2.24, 2.45) is 0 Å². The summed E-state index contributed by atoms with van der Waals surface area (Å²) in [5.74, 6) is -1.54. The van der Waals surface area contributed by atoms with Crippen LogP contribution in [0.4, 0.5) is 0 Å². The van der Waals surface area contributed by atoms with Crippen LogP contribution in [-0.2, 0) is 16.1 Å². The van der Waals surface area contributed by atoms with Crippen molar-refractivity contribution < 1.29 is 14.7 Å². The number of aromatic nitrogens is 2. The molecule has 1 aromatic carbocycles. The van der Waals surface area contributed by atoms with Crippen LogP contribution < -0.4 is 16.4 Å². The van der Waals surface area contributed by atoms with E-state index < -0.39 is 23.3 Å². The van der Waals surface area contributed by atoms with Gasteiger partial charge in [0.05, 0.1) is 22.9 Å². The maximum atomic E-state index is 12.4. The highest BCUT2D eigenvalue weighted by Gasteiger charge is 2.29. The molecule has 1 fully saturated rings. The van der Waals surface area contributed by atoms with Gasteiger partial charge in [0.2, 0.25) is 5.91 Å². The number of nitrogens with zero attached hydrogens (tertiary/aromatic N) is 2. The van der Waals surface area contributed by atoms with E-state index in [-0.39, 0.29) is 25.3 Å². The highest BCUT2D eigenvalue weighted by Crippen LogP contribution is 2.18. The number of rotatable bonds is 5. The molecule has 1 aliphatic rings. The highest BCUT2D eigenvalue weighted by atomic mass is 16.4. The molecule has 0 radical (unpaired) electrons. The van der Waals surface area contributed by atoms with Crippen molar-refractivity contribution in [3.05, 3.63) is 45.1 Å². The molecule has 0 unspecified atom stereocenters. The average Bonchev–Trinajstić information content (AvgIpc) is 3.08. The Bertz CT molecular complexity index is 930. The lowest BCUT2D eigenvalue weighted by Crippen LogP contribution is -2.47. The third-order valence-electron chi connectivity index (χ3n) is 4.51. The smallest absolute Gasteiger partial charge is 0.328 e. The number of carboxylic acid groups (broad SMARTS) is 1. The number of likely N-dealkylation sites (tertiary alicyclic amines) is 1. The minimum absolute atomic E-state index is 0.0719. The summed E-state index contributed by atoms with van der Waals surface area (Å²) in [5, 5.41) is 11.4. The zero-order valence-electron chi connectivity index (χ0n) is 13.6. The molecule has 1 aliphatic heterocycles. The molecule has 0 aliphatic carbocycles. The summed E-state index contributed by atoms with van der Waals surface area (Å²) < 4.78 is 1.07. The number of nitrogens with one attached hydrogen (secondary N) is 1. The standard InChI is InChI=1S/C17H19N3O5/c21-14(19-9-3-7-13(19)16(23)24)8-4-10-20-15(22)11-5-1-2-6-12(11)18-17(20)25/h1-2,5-6,13H,3-4,7-10H2,(H,18,25)(H,23,24)/p-1/t13-/m0/s1. The summed E-state index contributed by atoms with van der Waals surface area (Å²) in [5.41, 5.74) is -0.454. The van der Waals surface area contributed by atoms with E-state index in [0.717, 1.165) is 4.57 Å². The third-order valence-corrected chi connectivity index (χ3v) is 4.51. The Kier molecular flexibility index (Phi) is 4.69. The molecule has 1 N–H and O–H groups in total. The monoisotopic (exact) mass is 344 g/mol. The topological polar surface area (TPSA) is 115 Å². The molecule has 25 heavy (non-hydrogen) atoms. The number of carbonyl (C=O) groups excluding carboxylic acids is 2. The molecule has 1 atom stereocenters. The first-order valence-electron chi connectivity index (χ1n) is 8.21. The van der Waals surface area contributed by atoms with Crippen molar-refractivity contribution in [2.45, 2.75) is 38.3 Å². The van der Waals surface area contributed by atoms with E-state index in [1.807, 2.05) is 0 Å². The van der Waals surface area contributed by atoms with Crippen LogP contribution in [0, 0.1) is 0 Å². The minimum Gasteiger partial charge on any atom is -0.548 e. The van der Waals surface area contributed by atoms with Crippen LogP contribution in [0.2, 0.25) is 0 Å². The van der Waals surface area contributed by atoms with Gasteiger partial charge in [0, 0.05) is 19.5 Å². The van der Waals surface area contributed by atoms with Gasteiger partial charge in [-0.15, -0.1) is 0 Å². The lowest BCUT2D eigenvalue weighted by atomic mass is 10.2. The number of hydrogen-bond donors (Lipinski definition) is 1. The van der Waals surface area contributed by atoms with E-state index in [0.29, 0.717) is 30.3 Å². The van der Waals surface area contributed by atoms with Crippen molar-refractivity contribution in [2.75, 3.05) is 6.54 Å². The summed E-state index contributed by atoms with van der Waals surface area (Å²) >= 11 is 0. The summed E-state index contributed by atoms with van der Waals surface area (Å²) in [6.07, 6.45) is 1.38. The van der Waals surface area contributed by atoms with Gasteiger partial charge in [0.1, 0.15) is 0 Å². The van der Waals surface area contributed by atoms with Crippen molar-refractivity contribution in [1.82, 2.24) is 14.5 Å². The number of carboxylic acids is 1. The molecule has 1 saturated heterocycles. The second-order valence-electron chi connectivity index (χ2n) is 6.10. The van der Waals surface area contributed by atoms with Crippen LogP contribution in [0.15, 0.2) is 33.9 Å². The van der Waals surface area contributed by atoms with Gasteiger partial charge in [-0.25, -0.2) is 4.79 Å². The fourth-order valence-corrected chi connectivity index (χ4v) is 3.24. The fraction of sp³-hybridized carbons (Fsp3) is 0.412. The maximum absolute atomic E-state index is 12.4. The molecule has 8 nitrogen and oxygen atoms in total. The molecule has 1 aromatic heterocycles. The first-order valence-corrected chi connectivity index (χ1v) is 8.21. The van der Waals surface area contributed by atoms with E-state index in [2.05, 4.69) is 4.98 Å². The van der Waals surface area contributed by atoms with Gasteiger partial charge >= 0.3 is 5.69 Å². The van der Waals surface area contributed by atoms with Gasteiger partial charge in [0.25, 0.3) is 5.56 Å². The molecule has 8 heteroatoms. The van der Waals surface area contributed by atoms with E-state index in [1.54, 1.807) is 24.3 Å². The fourth-order valence-electron chi connectivity index (χ4n) is 3.24. The second-order valence-corrected chi connectivity index (χ2v) is 6.10. The lowest BCUT2D eigenvalue weighted by Gasteiger charge is -2.25. The van der Waals surface area contributed by atoms with Crippen molar-refractivity contribution in [1.29, 1.82) is 0 Å². The SMILES string of the molecule is O=C([O-])[C@@H]1CCCN1C(=O)CCCn1c(=O)[nH]c2ccccc2c1=O. The van der Waals surface area contributed by atoms with Crippen LogP contribution in [-0.4, -0.2) is 38.9 Å². The van der Waals surface area contributed by atoms with Crippen molar-refractivity contribution in [3.63, 3.8) is 0 Å². The minimum atomic E-state index is -1.24. The highest BCUT2D eigenvalue weighted by molar-refractivity contribution is 5.83. The zero-order valence-corrected chi connectivity index (χ0v) is 13.6. The van der Waals surface area contributed by atoms with Gasteiger partial charge in [0.15, 0.2) is 0 Å².